The van der Waals surface area contributed by atoms with Gasteiger partial charge in [0, 0.05) is 18.8 Å². The minimum atomic E-state index is 0.698. The van der Waals surface area contributed by atoms with Crippen LogP contribution in [0.1, 0.15) is 0 Å². The van der Waals surface area contributed by atoms with Crippen molar-refractivity contribution in [2.45, 2.75) is 13.1 Å². The van der Waals surface area contributed by atoms with E-state index in [0.717, 1.165) is 29.9 Å². The fraction of sp³-hybridized carbons (Fsp3) is 0.250. The maximum atomic E-state index is 5.35. The molecule has 0 fully saturated rings. The van der Waals surface area contributed by atoms with Gasteiger partial charge in [-0.15, -0.1) is 5.10 Å². The lowest BCUT2D eigenvalue weighted by molar-refractivity contribution is 0.415. The Hall–Kier alpha value is -2.15. The number of aromatic amines is 1. The van der Waals surface area contributed by atoms with Gasteiger partial charge >= 0.3 is 0 Å². The van der Waals surface area contributed by atoms with Crippen LogP contribution in [0.3, 0.4) is 0 Å². The summed E-state index contributed by atoms with van der Waals surface area (Å²) in [5.41, 5.74) is 2.04. The van der Waals surface area contributed by atoms with Crippen molar-refractivity contribution in [1.29, 1.82) is 0 Å². The third-order valence-electron chi connectivity index (χ3n) is 3.01. The van der Waals surface area contributed by atoms with Gasteiger partial charge in [0.1, 0.15) is 5.75 Å². The summed E-state index contributed by atoms with van der Waals surface area (Å²) < 4.78 is 9.73. The largest absolute Gasteiger partial charge is 0.497 e. The Kier molecular flexibility index (Phi) is 3.04. The van der Waals surface area contributed by atoms with E-state index in [1.807, 2.05) is 29.0 Å². The summed E-state index contributed by atoms with van der Waals surface area (Å²) in [6.45, 7) is 1.47. The molecule has 0 aliphatic carbocycles. The van der Waals surface area contributed by atoms with Gasteiger partial charge < -0.3 is 14.3 Å². The number of hydrogen-bond donors (Lipinski definition) is 1. The second kappa shape index (κ2) is 4.85. The first-order valence-electron chi connectivity index (χ1n) is 5.88. The Morgan fingerprint density at radius 3 is 3.00 bits per heavy atom. The molecular formula is C12H13N5OS. The van der Waals surface area contributed by atoms with Gasteiger partial charge in [0.05, 0.1) is 30.9 Å². The average Bonchev–Trinajstić information content (AvgIpc) is 3.02. The number of nitrogens with one attached hydrogen (secondary N) is 1. The van der Waals surface area contributed by atoms with Crippen LogP contribution in [-0.4, -0.2) is 31.7 Å². The second-order valence-corrected chi connectivity index (χ2v) is 4.52. The maximum Gasteiger partial charge on any atom is 0.178 e. The number of aromatic nitrogens is 5. The van der Waals surface area contributed by atoms with Crippen molar-refractivity contribution in [3.63, 3.8) is 0 Å². The number of imidazole rings is 1. The fourth-order valence-corrected chi connectivity index (χ4v) is 2.35. The van der Waals surface area contributed by atoms with E-state index in [-0.39, 0.29) is 0 Å². The summed E-state index contributed by atoms with van der Waals surface area (Å²) in [5, 5.41) is 7.72. The summed E-state index contributed by atoms with van der Waals surface area (Å²) in [4.78, 5) is 3.18. The zero-order chi connectivity index (χ0) is 13.2. The third-order valence-corrected chi connectivity index (χ3v) is 3.33. The van der Waals surface area contributed by atoms with Crippen molar-refractivity contribution in [1.82, 2.24) is 24.5 Å². The highest BCUT2D eigenvalue weighted by Gasteiger charge is 2.05. The number of methoxy groups -OCH3 is 1. The summed E-state index contributed by atoms with van der Waals surface area (Å²) >= 11 is 5.35. The lowest BCUT2D eigenvalue weighted by Gasteiger charge is -2.05. The highest BCUT2D eigenvalue weighted by molar-refractivity contribution is 7.71. The monoisotopic (exact) mass is 275 g/mol. The number of hydrogen-bond acceptors (Lipinski definition) is 4. The summed E-state index contributed by atoms with van der Waals surface area (Å²) in [6.07, 6.45) is 3.50. The molecule has 1 N–H and O–H groups in total. The molecule has 0 aliphatic rings. The molecule has 0 amide bonds. The molecule has 0 radical (unpaired) electrons. The van der Waals surface area contributed by atoms with Crippen LogP contribution in [0.5, 0.6) is 5.75 Å². The van der Waals surface area contributed by atoms with E-state index in [2.05, 4.69) is 15.3 Å². The number of ether oxygens (including phenoxy) is 1. The first kappa shape index (κ1) is 11.9. The normalized spacial score (nSPS) is 11.0. The SMILES string of the molecule is COc1ccc2c(c1)[nH]c(=S)n2CCn1ccnn1. The van der Waals surface area contributed by atoms with E-state index in [4.69, 9.17) is 17.0 Å². The molecule has 3 rings (SSSR count). The van der Waals surface area contributed by atoms with Gasteiger partial charge in [-0.2, -0.15) is 0 Å². The van der Waals surface area contributed by atoms with E-state index < -0.39 is 0 Å². The molecule has 0 bridgehead atoms. The van der Waals surface area contributed by atoms with E-state index >= 15 is 0 Å². The lowest BCUT2D eigenvalue weighted by atomic mass is 10.3. The van der Waals surface area contributed by atoms with Crippen molar-refractivity contribution in [2.75, 3.05) is 7.11 Å². The molecule has 3 aromatic rings. The van der Waals surface area contributed by atoms with Crippen molar-refractivity contribution in [3.05, 3.63) is 35.4 Å². The molecule has 98 valence electrons. The highest BCUT2D eigenvalue weighted by atomic mass is 32.1. The van der Waals surface area contributed by atoms with Crippen molar-refractivity contribution in [2.24, 2.45) is 0 Å². The minimum absolute atomic E-state index is 0.698. The first-order chi connectivity index (χ1) is 9.28. The van der Waals surface area contributed by atoms with Crippen molar-refractivity contribution in [3.8, 4) is 5.75 Å². The third kappa shape index (κ3) is 2.24. The van der Waals surface area contributed by atoms with Gasteiger partial charge in [-0.1, -0.05) is 5.21 Å². The standard InChI is InChI=1S/C12H13N5OS/c1-18-9-2-3-11-10(8-9)14-12(19)17(11)7-6-16-5-4-13-15-16/h2-5,8H,6-7H2,1H3,(H,14,19). The molecule has 2 aromatic heterocycles. The molecular weight excluding hydrogens is 262 g/mol. The van der Waals surface area contributed by atoms with Crippen LogP contribution in [0.15, 0.2) is 30.6 Å². The van der Waals surface area contributed by atoms with Crippen LogP contribution >= 0.6 is 12.2 Å². The Bertz CT molecular complexity index is 743. The second-order valence-electron chi connectivity index (χ2n) is 4.13. The maximum absolute atomic E-state index is 5.35. The van der Waals surface area contributed by atoms with Crippen LogP contribution in [0.25, 0.3) is 11.0 Å². The zero-order valence-corrected chi connectivity index (χ0v) is 11.2. The Morgan fingerprint density at radius 2 is 2.26 bits per heavy atom. The molecule has 7 heteroatoms. The molecule has 19 heavy (non-hydrogen) atoms. The van der Waals surface area contributed by atoms with Gasteiger partial charge in [0.2, 0.25) is 0 Å². The van der Waals surface area contributed by atoms with Crippen molar-refractivity contribution >= 4 is 23.3 Å². The molecule has 0 spiro atoms. The van der Waals surface area contributed by atoms with E-state index in [9.17, 15) is 0 Å². The van der Waals surface area contributed by atoms with Gasteiger partial charge in [0.25, 0.3) is 0 Å². The Labute approximate surface area is 114 Å². The van der Waals surface area contributed by atoms with E-state index in [0.29, 0.717) is 4.77 Å². The molecule has 0 saturated carbocycles. The highest BCUT2D eigenvalue weighted by Crippen LogP contribution is 2.20. The fourth-order valence-electron chi connectivity index (χ4n) is 2.05. The molecule has 0 saturated heterocycles. The van der Waals surface area contributed by atoms with E-state index in [1.54, 1.807) is 18.0 Å². The average molecular weight is 275 g/mol. The molecule has 0 unspecified atom stereocenters. The molecule has 6 nitrogen and oxygen atoms in total. The van der Waals surface area contributed by atoms with Gasteiger partial charge in [-0.05, 0) is 24.4 Å². The molecule has 2 heterocycles. The van der Waals surface area contributed by atoms with Crippen LogP contribution < -0.4 is 4.74 Å². The topological polar surface area (TPSA) is 60.7 Å². The molecule has 0 aliphatic heterocycles. The van der Waals surface area contributed by atoms with Crippen LogP contribution in [-0.2, 0) is 13.1 Å². The number of fused-ring (bicyclic) bond motifs is 1. The predicted molar refractivity (Wildman–Crippen MR) is 73.7 cm³/mol. The minimum Gasteiger partial charge on any atom is -0.497 e. The number of H-pyrrole nitrogens is 1. The Morgan fingerprint density at radius 1 is 1.37 bits per heavy atom. The van der Waals surface area contributed by atoms with Crippen molar-refractivity contribution < 1.29 is 4.74 Å². The van der Waals surface area contributed by atoms with Gasteiger partial charge in [-0.25, -0.2) is 0 Å². The quantitative estimate of drug-likeness (QED) is 0.740. The number of rotatable bonds is 4. The van der Waals surface area contributed by atoms with E-state index in [1.165, 1.54) is 0 Å². The molecule has 1 aromatic carbocycles. The molecule has 0 atom stereocenters. The lowest BCUT2D eigenvalue weighted by Crippen LogP contribution is -2.08. The van der Waals surface area contributed by atoms with Crippen LogP contribution in [0.2, 0.25) is 0 Å². The first-order valence-corrected chi connectivity index (χ1v) is 6.29. The van der Waals surface area contributed by atoms with Gasteiger partial charge in [0.15, 0.2) is 4.77 Å². The number of benzene rings is 1. The summed E-state index contributed by atoms with van der Waals surface area (Å²) in [7, 11) is 1.65. The summed E-state index contributed by atoms with van der Waals surface area (Å²) in [5.74, 6) is 0.812. The smallest absolute Gasteiger partial charge is 0.178 e. The Balaban J connectivity index is 1.94. The summed E-state index contributed by atoms with van der Waals surface area (Å²) in [6, 6.07) is 5.87. The number of nitrogens with zero attached hydrogens (tertiary/aromatic N) is 4. The zero-order valence-electron chi connectivity index (χ0n) is 10.4. The van der Waals surface area contributed by atoms with Gasteiger partial charge in [-0.3, -0.25) is 4.68 Å². The van der Waals surface area contributed by atoms with Crippen LogP contribution in [0, 0.1) is 4.77 Å². The number of aryl methyl sites for hydroxylation is 2. The predicted octanol–water partition coefficient (Wildman–Crippen LogP) is 2.00. The van der Waals surface area contributed by atoms with Crippen LogP contribution in [0.4, 0.5) is 0 Å².